The van der Waals surface area contributed by atoms with Gasteiger partial charge in [-0.2, -0.15) is 0 Å². The van der Waals surface area contributed by atoms with Crippen LogP contribution in [0.15, 0.2) is 36.4 Å². The van der Waals surface area contributed by atoms with Crippen LogP contribution in [0.5, 0.6) is 17.2 Å². The van der Waals surface area contributed by atoms with E-state index in [4.69, 9.17) is 4.74 Å². The predicted molar refractivity (Wildman–Crippen MR) is 90.5 cm³/mol. The van der Waals surface area contributed by atoms with Gasteiger partial charge in [0.15, 0.2) is 0 Å². The van der Waals surface area contributed by atoms with Gasteiger partial charge in [-0.3, -0.25) is 0 Å². The summed E-state index contributed by atoms with van der Waals surface area (Å²) in [4.78, 5) is 0. The van der Waals surface area contributed by atoms with E-state index in [1.807, 2.05) is 12.1 Å². The van der Waals surface area contributed by atoms with Crippen LogP contribution in [0.3, 0.4) is 0 Å². The van der Waals surface area contributed by atoms with Gasteiger partial charge in [-0.1, -0.05) is 26.0 Å². The molecule has 2 aromatic rings. The SMILES string of the molecule is BrOBr.CC(C)c1cc(Oc2ccc3cc2C3)ccc1O. The molecule has 21 heavy (non-hydrogen) atoms. The Balaban J connectivity index is 0.000000497. The molecule has 0 amide bonds. The van der Waals surface area contributed by atoms with E-state index in [1.165, 1.54) is 11.1 Å². The standard InChI is InChI=1S/C16H16O2.Br2O/c1-10(2)14-9-13(4-5-15(14)17)18-16-6-3-11-7-12(16)8-11;1-3-2/h3-7,9-10,17H,8H2,1-2H3;. The van der Waals surface area contributed by atoms with E-state index in [0.29, 0.717) is 5.75 Å². The lowest BCUT2D eigenvalue weighted by molar-refractivity contribution is 0.452. The Bertz CT molecular complexity index is 623. The van der Waals surface area contributed by atoms with Gasteiger partial charge in [0.25, 0.3) is 0 Å². The first kappa shape index (κ1) is 16.3. The van der Waals surface area contributed by atoms with E-state index >= 15 is 0 Å². The van der Waals surface area contributed by atoms with Crippen LogP contribution < -0.4 is 4.74 Å². The number of hydrogen-bond donors (Lipinski definition) is 1. The van der Waals surface area contributed by atoms with E-state index in [2.05, 4.69) is 61.4 Å². The molecule has 5 heteroatoms. The molecule has 2 aliphatic carbocycles. The maximum absolute atomic E-state index is 9.78. The highest BCUT2D eigenvalue weighted by Gasteiger charge is 2.15. The fourth-order valence-electron chi connectivity index (χ4n) is 2.25. The highest BCUT2D eigenvalue weighted by atomic mass is 79.9. The first-order valence-corrected chi connectivity index (χ1v) is 7.86. The van der Waals surface area contributed by atoms with Gasteiger partial charge in [-0.15, -0.1) is 0 Å². The van der Waals surface area contributed by atoms with E-state index in [1.54, 1.807) is 12.1 Å². The molecule has 3 nitrogen and oxygen atoms in total. The summed E-state index contributed by atoms with van der Waals surface area (Å²) in [5.74, 6) is 2.32. The number of phenolic OH excluding ortho intramolecular Hbond substituents is 1. The highest BCUT2D eigenvalue weighted by Crippen LogP contribution is 2.36. The Kier molecular flexibility index (Phi) is 5.67. The molecular weight excluding hydrogens is 400 g/mol. The Morgan fingerprint density at radius 1 is 1.10 bits per heavy atom. The van der Waals surface area contributed by atoms with Gasteiger partial charge in [-0.25, -0.2) is 2.92 Å². The second-order valence-corrected chi connectivity index (χ2v) is 6.67. The van der Waals surface area contributed by atoms with Gasteiger partial charge in [0.1, 0.15) is 49.8 Å². The third-order valence-electron chi connectivity index (χ3n) is 3.37. The molecule has 112 valence electrons. The third-order valence-corrected chi connectivity index (χ3v) is 3.37. The van der Waals surface area contributed by atoms with Crippen molar-refractivity contribution < 1.29 is 12.8 Å². The summed E-state index contributed by atoms with van der Waals surface area (Å²) in [5, 5.41) is 9.78. The number of ether oxygens (including phenoxy) is 1. The topological polar surface area (TPSA) is 38.7 Å². The van der Waals surface area contributed by atoms with Crippen LogP contribution in [0.2, 0.25) is 0 Å². The summed E-state index contributed by atoms with van der Waals surface area (Å²) in [6, 6.07) is 11.7. The summed E-state index contributed by atoms with van der Waals surface area (Å²) in [6.45, 7) is 4.12. The lowest BCUT2D eigenvalue weighted by atomic mass is 9.92. The van der Waals surface area contributed by atoms with E-state index in [-0.39, 0.29) is 5.92 Å². The molecular formula is C16H16Br2O3. The summed E-state index contributed by atoms with van der Waals surface area (Å²) in [6.07, 6.45) is 1.01. The third kappa shape index (κ3) is 3.99. The number of aromatic hydroxyl groups is 1. The monoisotopic (exact) mass is 414 g/mol. The van der Waals surface area contributed by atoms with E-state index in [0.717, 1.165) is 23.5 Å². The minimum atomic E-state index is 0.281. The molecule has 0 unspecified atom stereocenters. The number of fused-ring (bicyclic) bond motifs is 2. The molecule has 0 atom stereocenters. The van der Waals surface area contributed by atoms with Crippen molar-refractivity contribution in [2.24, 2.45) is 0 Å². The smallest absolute Gasteiger partial charge is 0.130 e. The van der Waals surface area contributed by atoms with E-state index in [9.17, 15) is 5.11 Å². The average molecular weight is 416 g/mol. The van der Waals surface area contributed by atoms with Crippen molar-refractivity contribution in [3.05, 3.63) is 53.1 Å². The first-order valence-electron chi connectivity index (χ1n) is 6.57. The minimum absolute atomic E-state index is 0.281. The Morgan fingerprint density at radius 3 is 2.29 bits per heavy atom. The molecule has 4 rings (SSSR count). The summed E-state index contributed by atoms with van der Waals surface area (Å²) >= 11 is 5.12. The Labute approximate surface area is 141 Å². The molecule has 0 saturated carbocycles. The molecule has 2 aromatic carbocycles. The molecule has 0 fully saturated rings. The lowest BCUT2D eigenvalue weighted by Gasteiger charge is -2.20. The van der Waals surface area contributed by atoms with Crippen LogP contribution in [0.25, 0.3) is 0 Å². The molecule has 0 saturated heterocycles. The largest absolute Gasteiger partial charge is 0.508 e. The van der Waals surface area contributed by atoms with Crippen molar-refractivity contribution in [2.45, 2.75) is 26.2 Å². The lowest BCUT2D eigenvalue weighted by Crippen LogP contribution is -2.03. The zero-order valence-corrected chi connectivity index (χ0v) is 14.9. The van der Waals surface area contributed by atoms with E-state index < -0.39 is 0 Å². The molecule has 2 aliphatic rings. The number of hydrogen-bond acceptors (Lipinski definition) is 3. The van der Waals surface area contributed by atoms with Gasteiger partial charge in [0.05, 0.1) is 0 Å². The molecule has 2 bridgehead atoms. The average Bonchev–Trinajstić information content (AvgIpc) is 2.41. The molecule has 0 heterocycles. The maximum atomic E-state index is 9.78. The molecule has 0 aliphatic heterocycles. The number of phenols is 1. The highest BCUT2D eigenvalue weighted by molar-refractivity contribution is 9.18. The van der Waals surface area contributed by atoms with Crippen LogP contribution in [-0.4, -0.2) is 5.11 Å². The first-order chi connectivity index (χ1) is 10.0. The molecule has 0 aromatic heterocycles. The fourth-order valence-corrected chi connectivity index (χ4v) is 2.25. The number of halogens is 2. The number of benzene rings is 2. The van der Waals surface area contributed by atoms with Gasteiger partial charge in [-0.05, 0) is 41.3 Å². The van der Waals surface area contributed by atoms with Crippen LogP contribution in [0, 0.1) is 0 Å². The second kappa shape index (κ2) is 7.29. The van der Waals surface area contributed by atoms with Crippen molar-refractivity contribution in [2.75, 3.05) is 0 Å². The van der Waals surface area contributed by atoms with Crippen molar-refractivity contribution in [3.63, 3.8) is 0 Å². The van der Waals surface area contributed by atoms with Gasteiger partial charge >= 0.3 is 0 Å². The molecule has 0 radical (unpaired) electrons. The molecule has 0 spiro atoms. The van der Waals surface area contributed by atoms with Crippen molar-refractivity contribution in [1.82, 2.24) is 0 Å². The van der Waals surface area contributed by atoms with Crippen molar-refractivity contribution >= 4 is 32.5 Å². The van der Waals surface area contributed by atoms with Crippen LogP contribution in [-0.2, 0) is 9.34 Å². The van der Waals surface area contributed by atoms with Crippen LogP contribution in [0.1, 0.15) is 36.5 Å². The Morgan fingerprint density at radius 2 is 1.76 bits per heavy atom. The second-order valence-electron chi connectivity index (χ2n) is 5.15. The van der Waals surface area contributed by atoms with Crippen LogP contribution >= 0.6 is 32.5 Å². The summed E-state index contributed by atoms with van der Waals surface area (Å²) in [7, 11) is 0. The maximum Gasteiger partial charge on any atom is 0.130 e. The van der Waals surface area contributed by atoms with Crippen LogP contribution in [0.4, 0.5) is 0 Å². The quantitative estimate of drug-likeness (QED) is 0.584. The zero-order valence-electron chi connectivity index (χ0n) is 11.8. The molecule has 1 N–H and O–H groups in total. The zero-order chi connectivity index (χ0) is 15.4. The fraction of sp³-hybridized carbons (Fsp3) is 0.250. The van der Waals surface area contributed by atoms with Crippen molar-refractivity contribution in [3.8, 4) is 17.2 Å². The Hall–Kier alpha value is -1.04. The van der Waals surface area contributed by atoms with Gasteiger partial charge < -0.3 is 9.84 Å². The summed E-state index contributed by atoms with van der Waals surface area (Å²) < 4.78 is 9.76. The number of rotatable bonds is 3. The predicted octanol–water partition coefficient (Wildman–Crippen LogP) is 5.83. The van der Waals surface area contributed by atoms with Gasteiger partial charge in [0.2, 0.25) is 0 Å². The van der Waals surface area contributed by atoms with Gasteiger partial charge in [0, 0.05) is 12.0 Å². The minimum Gasteiger partial charge on any atom is -0.508 e. The normalized spacial score (nSPS) is 11.5. The summed E-state index contributed by atoms with van der Waals surface area (Å²) in [5.41, 5.74) is 3.54. The van der Waals surface area contributed by atoms with Crippen molar-refractivity contribution in [1.29, 1.82) is 0 Å².